The monoisotopic (exact) mass is 361 g/mol. The van der Waals surface area contributed by atoms with Crippen LogP contribution in [-0.4, -0.2) is 25.1 Å². The molecule has 0 aliphatic rings. The first-order chi connectivity index (χ1) is 13.0. The number of fused-ring (bicyclic) bond motifs is 1. The van der Waals surface area contributed by atoms with Crippen LogP contribution in [0, 0.1) is 13.8 Å². The molecule has 1 amide bonds. The van der Waals surface area contributed by atoms with Crippen LogP contribution in [0.25, 0.3) is 16.8 Å². The van der Waals surface area contributed by atoms with E-state index in [1.165, 1.54) is 4.52 Å². The van der Waals surface area contributed by atoms with Crippen LogP contribution in [0.1, 0.15) is 21.7 Å². The van der Waals surface area contributed by atoms with Gasteiger partial charge in [0.2, 0.25) is 0 Å². The van der Waals surface area contributed by atoms with Gasteiger partial charge in [-0.1, -0.05) is 30.3 Å². The number of carbonyl (C=O) groups excluding carboxylic acids is 1. The van der Waals surface area contributed by atoms with Gasteiger partial charge in [0.25, 0.3) is 11.5 Å². The maximum Gasteiger partial charge on any atom is 0.285 e. The molecule has 0 saturated heterocycles. The molecule has 0 spiro atoms. The molecule has 0 fully saturated rings. The Morgan fingerprint density at radius 1 is 1.11 bits per heavy atom. The van der Waals surface area contributed by atoms with Gasteiger partial charge in [-0.3, -0.25) is 14.7 Å². The highest BCUT2D eigenvalue weighted by molar-refractivity contribution is 6.04. The molecule has 0 bridgehead atoms. The second-order valence-corrected chi connectivity index (χ2v) is 6.47. The standard InChI is InChI=1S/C20H19N5O2/c1-12-17(19(26)22-15-10-7-11-24(15)3)20(27)25-18(21-12)16(13(2)23-25)14-8-5-4-6-9-14/h4-11,23H,1-3H3,(H,22,26). The summed E-state index contributed by atoms with van der Waals surface area (Å²) in [7, 11) is 1.82. The van der Waals surface area contributed by atoms with Crippen LogP contribution in [-0.2, 0) is 7.05 Å². The zero-order valence-electron chi connectivity index (χ0n) is 15.3. The van der Waals surface area contributed by atoms with Gasteiger partial charge in [0.05, 0.1) is 5.69 Å². The van der Waals surface area contributed by atoms with Crippen LogP contribution in [0.15, 0.2) is 53.5 Å². The molecule has 0 aliphatic heterocycles. The summed E-state index contributed by atoms with van der Waals surface area (Å²) in [6.45, 7) is 3.56. The number of aryl methyl sites for hydroxylation is 3. The number of amides is 1. The number of rotatable bonds is 3. The Labute approximate surface area is 155 Å². The number of nitrogens with zero attached hydrogens (tertiary/aromatic N) is 3. The van der Waals surface area contributed by atoms with E-state index in [9.17, 15) is 9.59 Å². The molecular weight excluding hydrogens is 342 g/mol. The summed E-state index contributed by atoms with van der Waals surface area (Å²) in [5.74, 6) is 0.131. The Kier molecular flexibility index (Phi) is 3.92. The van der Waals surface area contributed by atoms with Crippen molar-refractivity contribution in [3.63, 3.8) is 0 Å². The third-order valence-electron chi connectivity index (χ3n) is 4.62. The lowest BCUT2D eigenvalue weighted by atomic mass is 10.1. The van der Waals surface area contributed by atoms with Gasteiger partial charge in [-0.15, -0.1) is 0 Å². The number of aromatic nitrogens is 4. The van der Waals surface area contributed by atoms with Gasteiger partial charge in [-0.25, -0.2) is 9.50 Å². The number of aromatic amines is 1. The van der Waals surface area contributed by atoms with Crippen molar-refractivity contribution in [3.05, 3.63) is 76.0 Å². The molecule has 0 aliphatic carbocycles. The molecule has 0 radical (unpaired) electrons. The predicted molar refractivity (Wildman–Crippen MR) is 104 cm³/mol. The molecule has 7 heteroatoms. The molecule has 1 aromatic carbocycles. The van der Waals surface area contributed by atoms with Gasteiger partial charge in [0, 0.05) is 24.5 Å². The number of benzene rings is 1. The maximum absolute atomic E-state index is 13.0. The van der Waals surface area contributed by atoms with Crippen molar-refractivity contribution in [1.29, 1.82) is 0 Å². The smallest absolute Gasteiger partial charge is 0.285 e. The largest absolute Gasteiger partial charge is 0.338 e. The highest BCUT2D eigenvalue weighted by atomic mass is 16.2. The van der Waals surface area contributed by atoms with Crippen LogP contribution in [0.3, 0.4) is 0 Å². The molecule has 2 N–H and O–H groups in total. The summed E-state index contributed by atoms with van der Waals surface area (Å²) >= 11 is 0. The summed E-state index contributed by atoms with van der Waals surface area (Å²) in [6.07, 6.45) is 1.82. The quantitative estimate of drug-likeness (QED) is 0.588. The van der Waals surface area contributed by atoms with Crippen molar-refractivity contribution in [2.45, 2.75) is 13.8 Å². The SMILES string of the molecule is Cc1nc2c(-c3ccccc3)c(C)[nH]n2c(=O)c1C(=O)Nc1cccn1C. The Balaban J connectivity index is 1.87. The van der Waals surface area contributed by atoms with E-state index in [2.05, 4.69) is 15.4 Å². The molecule has 136 valence electrons. The Morgan fingerprint density at radius 2 is 1.85 bits per heavy atom. The average Bonchev–Trinajstić information content (AvgIpc) is 3.18. The molecule has 0 atom stereocenters. The fraction of sp³-hybridized carbons (Fsp3) is 0.150. The van der Waals surface area contributed by atoms with Crippen LogP contribution in [0.4, 0.5) is 5.82 Å². The highest BCUT2D eigenvalue weighted by Gasteiger charge is 2.22. The number of anilines is 1. The van der Waals surface area contributed by atoms with Crippen LogP contribution < -0.4 is 10.9 Å². The second-order valence-electron chi connectivity index (χ2n) is 6.47. The lowest BCUT2D eigenvalue weighted by Gasteiger charge is -2.08. The highest BCUT2D eigenvalue weighted by Crippen LogP contribution is 2.26. The van der Waals surface area contributed by atoms with Crippen LogP contribution in [0.2, 0.25) is 0 Å². The molecule has 27 heavy (non-hydrogen) atoms. The van der Waals surface area contributed by atoms with Gasteiger partial charge >= 0.3 is 0 Å². The molecule has 3 aromatic heterocycles. The molecule has 7 nitrogen and oxygen atoms in total. The minimum absolute atomic E-state index is 0.0227. The van der Waals surface area contributed by atoms with E-state index in [0.717, 1.165) is 16.8 Å². The van der Waals surface area contributed by atoms with Crippen molar-refractivity contribution >= 4 is 17.4 Å². The number of hydrogen-bond donors (Lipinski definition) is 2. The van der Waals surface area contributed by atoms with E-state index < -0.39 is 11.5 Å². The zero-order chi connectivity index (χ0) is 19.1. The summed E-state index contributed by atoms with van der Waals surface area (Å²) in [5, 5.41) is 5.81. The van der Waals surface area contributed by atoms with Gasteiger partial charge in [0.15, 0.2) is 5.65 Å². The molecule has 4 rings (SSSR count). The Morgan fingerprint density at radius 3 is 2.52 bits per heavy atom. The van der Waals surface area contributed by atoms with Crippen molar-refractivity contribution in [3.8, 4) is 11.1 Å². The van der Waals surface area contributed by atoms with Crippen molar-refractivity contribution in [2.75, 3.05) is 5.32 Å². The zero-order valence-corrected chi connectivity index (χ0v) is 15.3. The lowest BCUT2D eigenvalue weighted by Crippen LogP contribution is -2.29. The Bertz CT molecular complexity index is 1210. The fourth-order valence-electron chi connectivity index (χ4n) is 3.27. The van der Waals surface area contributed by atoms with E-state index in [1.807, 2.05) is 56.6 Å². The van der Waals surface area contributed by atoms with E-state index >= 15 is 0 Å². The average molecular weight is 361 g/mol. The number of carbonyl (C=O) groups is 1. The summed E-state index contributed by atoms with van der Waals surface area (Å²) in [4.78, 5) is 30.3. The molecule has 0 unspecified atom stereocenters. The van der Waals surface area contributed by atoms with Crippen molar-refractivity contribution in [1.82, 2.24) is 19.2 Å². The topological polar surface area (TPSA) is 84.2 Å². The number of H-pyrrole nitrogens is 1. The van der Waals surface area contributed by atoms with Crippen molar-refractivity contribution in [2.24, 2.45) is 7.05 Å². The first kappa shape index (κ1) is 16.8. The lowest BCUT2D eigenvalue weighted by molar-refractivity contribution is 0.102. The van der Waals surface area contributed by atoms with Gasteiger partial charge in [0.1, 0.15) is 11.4 Å². The van der Waals surface area contributed by atoms with E-state index in [1.54, 1.807) is 17.6 Å². The van der Waals surface area contributed by atoms with Crippen LogP contribution >= 0.6 is 0 Å². The van der Waals surface area contributed by atoms with E-state index in [-0.39, 0.29) is 5.56 Å². The summed E-state index contributed by atoms with van der Waals surface area (Å²) in [6, 6.07) is 13.3. The predicted octanol–water partition coefficient (Wildman–Crippen LogP) is 2.90. The third kappa shape index (κ3) is 2.73. The summed E-state index contributed by atoms with van der Waals surface area (Å²) in [5.41, 5.74) is 3.13. The normalized spacial score (nSPS) is 11.1. The molecular formula is C20H19N5O2. The van der Waals surface area contributed by atoms with Gasteiger partial charge in [-0.05, 0) is 31.5 Å². The van der Waals surface area contributed by atoms with Gasteiger partial charge < -0.3 is 9.88 Å². The van der Waals surface area contributed by atoms with E-state index in [4.69, 9.17) is 0 Å². The van der Waals surface area contributed by atoms with E-state index in [0.29, 0.717) is 17.2 Å². The fourth-order valence-corrected chi connectivity index (χ4v) is 3.27. The maximum atomic E-state index is 13.0. The minimum atomic E-state index is -0.477. The van der Waals surface area contributed by atoms with Crippen molar-refractivity contribution < 1.29 is 4.79 Å². The minimum Gasteiger partial charge on any atom is -0.338 e. The first-order valence-electron chi connectivity index (χ1n) is 8.57. The Hall–Kier alpha value is -3.61. The molecule has 3 heterocycles. The first-order valence-corrected chi connectivity index (χ1v) is 8.57. The summed E-state index contributed by atoms with van der Waals surface area (Å²) < 4.78 is 3.10. The molecule has 0 saturated carbocycles. The molecule has 4 aromatic rings. The number of hydrogen-bond acceptors (Lipinski definition) is 3. The third-order valence-corrected chi connectivity index (χ3v) is 4.62. The van der Waals surface area contributed by atoms with Gasteiger partial charge in [-0.2, -0.15) is 0 Å². The second kappa shape index (κ2) is 6.28. The van der Waals surface area contributed by atoms with Crippen LogP contribution in [0.5, 0.6) is 0 Å². The number of nitrogens with one attached hydrogen (secondary N) is 2.